The van der Waals surface area contributed by atoms with Crippen LogP contribution in [0.3, 0.4) is 0 Å². The Labute approximate surface area is 156 Å². The number of likely N-dealkylation sites (N-methyl/N-ethyl adjacent to an activating group) is 1. The lowest BCUT2D eigenvalue weighted by Gasteiger charge is -2.15. The van der Waals surface area contributed by atoms with Crippen molar-refractivity contribution in [2.75, 3.05) is 26.0 Å². The molecule has 0 bridgehead atoms. The molecule has 7 nitrogen and oxygen atoms in total. The Balaban J connectivity index is 2.06. The normalized spacial score (nSPS) is 11.7. The van der Waals surface area contributed by atoms with Gasteiger partial charge in [-0.15, -0.1) is 0 Å². The molecule has 0 saturated carbocycles. The molecule has 0 fully saturated rings. The molecule has 0 radical (unpaired) electrons. The summed E-state index contributed by atoms with van der Waals surface area (Å²) in [7, 11) is 3.19. The lowest BCUT2D eigenvalue weighted by Crippen LogP contribution is -3.08. The van der Waals surface area contributed by atoms with E-state index in [0.29, 0.717) is 12.1 Å². The Morgan fingerprint density at radius 1 is 1.30 bits per heavy atom. The fraction of sp³-hybridized carbons (Fsp3) is 0.316. The number of carbonyl (C=O) groups excluding carboxylic acids is 1. The number of amides is 1. The van der Waals surface area contributed by atoms with Gasteiger partial charge in [-0.25, -0.2) is 4.39 Å². The highest BCUT2D eigenvalue weighted by atomic mass is 19.1. The predicted molar refractivity (Wildman–Crippen MR) is 99.6 cm³/mol. The summed E-state index contributed by atoms with van der Waals surface area (Å²) < 4.78 is 18.7. The van der Waals surface area contributed by atoms with Crippen molar-refractivity contribution in [3.8, 4) is 5.75 Å². The van der Waals surface area contributed by atoms with Crippen molar-refractivity contribution in [1.29, 1.82) is 0 Å². The molecule has 8 heteroatoms. The van der Waals surface area contributed by atoms with Crippen LogP contribution in [0.4, 0.5) is 15.8 Å². The number of methoxy groups -OCH3 is 1. The highest BCUT2D eigenvalue weighted by molar-refractivity contribution is 5.95. The van der Waals surface area contributed by atoms with Gasteiger partial charge in [-0.2, -0.15) is 0 Å². The van der Waals surface area contributed by atoms with Crippen molar-refractivity contribution < 1.29 is 23.7 Å². The first-order chi connectivity index (χ1) is 12.7. The van der Waals surface area contributed by atoms with Crippen molar-refractivity contribution in [3.05, 3.63) is 63.0 Å². The maximum atomic E-state index is 13.8. The predicted octanol–water partition coefficient (Wildman–Crippen LogP) is 2.01. The molecule has 1 atom stereocenters. The molecule has 0 aliphatic rings. The van der Waals surface area contributed by atoms with Gasteiger partial charge in [0.15, 0.2) is 18.1 Å². The topological polar surface area (TPSA) is 85.9 Å². The molecule has 0 saturated heterocycles. The van der Waals surface area contributed by atoms with E-state index in [2.05, 4.69) is 5.32 Å². The van der Waals surface area contributed by atoms with Gasteiger partial charge in [0, 0.05) is 11.6 Å². The number of aryl methyl sites for hydroxylation is 1. The molecule has 1 unspecified atom stereocenters. The van der Waals surface area contributed by atoms with E-state index in [0.717, 1.165) is 16.0 Å². The first-order valence-electron chi connectivity index (χ1n) is 8.41. The van der Waals surface area contributed by atoms with Crippen molar-refractivity contribution in [1.82, 2.24) is 0 Å². The number of carbonyl (C=O) groups is 1. The molecule has 2 aromatic carbocycles. The number of benzene rings is 2. The number of quaternary nitrogens is 1. The van der Waals surface area contributed by atoms with Gasteiger partial charge in [-0.05, 0) is 43.2 Å². The molecule has 0 spiro atoms. The number of halogens is 1. The SMILES string of the molecule is COc1ccc(C[NH+](C)CC(=O)Nc2c([N+](=O)[O-])ccc(C)c2C)cc1F. The second kappa shape index (κ2) is 8.59. The van der Waals surface area contributed by atoms with Crippen LogP contribution in [0.2, 0.25) is 0 Å². The number of nitro benzene ring substituents is 1. The Morgan fingerprint density at radius 2 is 2.00 bits per heavy atom. The van der Waals surface area contributed by atoms with Gasteiger partial charge in [0.25, 0.3) is 11.6 Å². The smallest absolute Gasteiger partial charge is 0.293 e. The van der Waals surface area contributed by atoms with Crippen LogP contribution in [0, 0.1) is 29.8 Å². The first kappa shape index (κ1) is 20.3. The summed E-state index contributed by atoms with van der Waals surface area (Å²) in [5, 5.41) is 13.9. The van der Waals surface area contributed by atoms with Crippen LogP contribution in [-0.2, 0) is 11.3 Å². The molecule has 2 N–H and O–H groups in total. The third-order valence-corrected chi connectivity index (χ3v) is 4.36. The second-order valence-corrected chi connectivity index (χ2v) is 6.49. The minimum absolute atomic E-state index is 0.0815. The highest BCUT2D eigenvalue weighted by Crippen LogP contribution is 2.30. The zero-order chi connectivity index (χ0) is 20.1. The zero-order valence-electron chi connectivity index (χ0n) is 15.8. The van der Waals surface area contributed by atoms with Gasteiger partial charge < -0.3 is 15.0 Å². The fourth-order valence-corrected chi connectivity index (χ4v) is 2.80. The lowest BCUT2D eigenvalue weighted by molar-refractivity contribution is -0.885. The van der Waals surface area contributed by atoms with Gasteiger partial charge in [-0.3, -0.25) is 14.9 Å². The van der Waals surface area contributed by atoms with Crippen LogP contribution in [0.1, 0.15) is 16.7 Å². The average Bonchev–Trinajstić information content (AvgIpc) is 2.58. The molecule has 0 aliphatic carbocycles. The van der Waals surface area contributed by atoms with Gasteiger partial charge in [0.05, 0.1) is 19.1 Å². The number of nitrogens with zero attached hydrogens (tertiary/aromatic N) is 1. The molecule has 0 aromatic heterocycles. The summed E-state index contributed by atoms with van der Waals surface area (Å²) in [5.74, 6) is -0.645. The van der Waals surface area contributed by atoms with Crippen molar-refractivity contribution in [2.24, 2.45) is 0 Å². The number of hydrogen-bond donors (Lipinski definition) is 2. The lowest BCUT2D eigenvalue weighted by atomic mass is 10.1. The van der Waals surface area contributed by atoms with E-state index in [1.165, 1.54) is 25.3 Å². The third kappa shape index (κ3) is 5.01. The van der Waals surface area contributed by atoms with Gasteiger partial charge in [0.1, 0.15) is 12.2 Å². The van der Waals surface area contributed by atoms with Crippen LogP contribution in [-0.4, -0.2) is 31.5 Å². The molecule has 144 valence electrons. The van der Waals surface area contributed by atoms with E-state index in [1.807, 2.05) is 6.92 Å². The number of rotatable bonds is 7. The minimum atomic E-state index is -0.515. The molecule has 2 rings (SSSR count). The van der Waals surface area contributed by atoms with Crippen LogP contribution < -0.4 is 15.0 Å². The van der Waals surface area contributed by atoms with Crippen LogP contribution in [0.5, 0.6) is 5.75 Å². The monoisotopic (exact) mass is 376 g/mol. The van der Waals surface area contributed by atoms with Crippen LogP contribution >= 0.6 is 0 Å². The van der Waals surface area contributed by atoms with Crippen molar-refractivity contribution >= 4 is 17.3 Å². The van der Waals surface area contributed by atoms with Crippen molar-refractivity contribution in [2.45, 2.75) is 20.4 Å². The number of hydrogen-bond acceptors (Lipinski definition) is 4. The second-order valence-electron chi connectivity index (χ2n) is 6.49. The maximum Gasteiger partial charge on any atom is 0.293 e. The van der Waals surface area contributed by atoms with Crippen LogP contribution in [0.25, 0.3) is 0 Å². The first-order valence-corrected chi connectivity index (χ1v) is 8.41. The molecular formula is C19H23FN3O4+. The molecule has 0 aliphatic heterocycles. The number of nitro groups is 1. The zero-order valence-corrected chi connectivity index (χ0v) is 15.8. The summed E-state index contributed by atoms with van der Waals surface area (Å²) in [6.45, 7) is 4.06. The van der Waals surface area contributed by atoms with E-state index < -0.39 is 10.7 Å². The summed E-state index contributed by atoms with van der Waals surface area (Å²) >= 11 is 0. The summed E-state index contributed by atoms with van der Waals surface area (Å²) in [6.07, 6.45) is 0. The molecule has 27 heavy (non-hydrogen) atoms. The molecule has 0 heterocycles. The van der Waals surface area contributed by atoms with E-state index in [-0.39, 0.29) is 29.6 Å². The molecular weight excluding hydrogens is 353 g/mol. The summed E-state index contributed by atoms with van der Waals surface area (Å²) in [6, 6.07) is 7.68. The number of ether oxygens (including phenoxy) is 1. The molecule has 2 aromatic rings. The average molecular weight is 376 g/mol. The van der Waals surface area contributed by atoms with Gasteiger partial charge >= 0.3 is 0 Å². The molecule has 1 amide bonds. The van der Waals surface area contributed by atoms with Gasteiger partial charge in [0.2, 0.25) is 0 Å². The summed E-state index contributed by atoms with van der Waals surface area (Å²) in [5.41, 5.74) is 2.31. The highest BCUT2D eigenvalue weighted by Gasteiger charge is 2.21. The Kier molecular flexibility index (Phi) is 6.46. The largest absolute Gasteiger partial charge is 0.494 e. The van der Waals surface area contributed by atoms with E-state index in [9.17, 15) is 19.3 Å². The Hall–Kier alpha value is -3.00. The Morgan fingerprint density at radius 3 is 2.59 bits per heavy atom. The maximum absolute atomic E-state index is 13.8. The fourth-order valence-electron chi connectivity index (χ4n) is 2.80. The van der Waals surface area contributed by atoms with E-state index in [1.54, 1.807) is 26.1 Å². The summed E-state index contributed by atoms with van der Waals surface area (Å²) in [4.78, 5) is 23.9. The van der Waals surface area contributed by atoms with Crippen LogP contribution in [0.15, 0.2) is 30.3 Å². The number of anilines is 1. The third-order valence-electron chi connectivity index (χ3n) is 4.36. The minimum Gasteiger partial charge on any atom is -0.494 e. The number of nitrogens with one attached hydrogen (secondary N) is 2. The quantitative estimate of drug-likeness (QED) is 0.572. The van der Waals surface area contributed by atoms with E-state index >= 15 is 0 Å². The Bertz CT molecular complexity index is 870. The van der Waals surface area contributed by atoms with Crippen molar-refractivity contribution in [3.63, 3.8) is 0 Å². The standard InChI is InChI=1S/C19H22FN3O4/c1-12-5-7-16(23(25)26)19(13(12)2)21-18(24)11-22(3)10-14-6-8-17(27-4)15(20)9-14/h5-9H,10-11H2,1-4H3,(H,21,24)/p+1. The van der Waals surface area contributed by atoms with E-state index in [4.69, 9.17) is 4.74 Å². The van der Waals surface area contributed by atoms with Gasteiger partial charge in [-0.1, -0.05) is 6.07 Å².